The van der Waals surface area contributed by atoms with E-state index in [1.165, 1.54) is 12.1 Å². The maximum Gasteiger partial charge on any atom is 0.418 e. The fraction of sp³-hybridized carbons (Fsp3) is 0.245. The fourth-order valence-electron chi connectivity index (χ4n) is 7.11. The molecule has 5 aromatic rings. The van der Waals surface area contributed by atoms with E-state index in [0.717, 1.165) is 0 Å². The lowest BCUT2D eigenvalue weighted by atomic mass is 9.98. The maximum atomic E-state index is 13.7. The highest BCUT2D eigenvalue weighted by atomic mass is 16.7. The summed E-state index contributed by atoms with van der Waals surface area (Å²) in [6.45, 7) is -3.65. The summed E-state index contributed by atoms with van der Waals surface area (Å²) in [5, 5.41) is 0.540. The maximum absolute atomic E-state index is 13.7. The molecule has 2 heterocycles. The van der Waals surface area contributed by atoms with Gasteiger partial charge in [-0.1, -0.05) is 133 Å². The van der Waals surface area contributed by atoms with Gasteiger partial charge in [-0.15, -0.1) is 5.06 Å². The highest BCUT2D eigenvalue weighted by molar-refractivity contribution is 6.31. The second-order valence-corrected chi connectivity index (χ2v) is 16.0. The first-order valence-corrected chi connectivity index (χ1v) is 22.9. The van der Waals surface area contributed by atoms with Crippen LogP contribution >= 0.6 is 0 Å². The summed E-state index contributed by atoms with van der Waals surface area (Å²) in [7, 11) is 0. The minimum Gasteiger partial charge on any atom is -0.454 e. The molecule has 2 aliphatic heterocycles. The normalized spacial score (nSPS) is 17.6. The summed E-state index contributed by atoms with van der Waals surface area (Å²) in [6, 6.07) is 38.6. The number of hydrogen-bond acceptors (Lipinski definition) is 21. The Morgan fingerprint density at radius 1 is 0.400 bits per heavy atom. The van der Waals surface area contributed by atoms with Crippen molar-refractivity contribution in [2.45, 2.75) is 63.6 Å². The lowest BCUT2D eigenvalue weighted by molar-refractivity contribution is -0.308. The number of ether oxygens (including phenoxy) is 10. The Hall–Kier alpha value is -9.12. The fourth-order valence-corrected chi connectivity index (χ4v) is 7.11. The Kier molecular flexibility index (Phi) is 19.0. The summed E-state index contributed by atoms with van der Waals surface area (Å²) in [5.41, 5.74) is 2.05. The summed E-state index contributed by atoms with van der Waals surface area (Å²) in [4.78, 5) is 138. The van der Waals surface area contributed by atoms with E-state index in [2.05, 4.69) is 0 Å². The molecule has 2 amide bonds. The van der Waals surface area contributed by atoms with Crippen LogP contribution in [0.15, 0.2) is 146 Å². The van der Waals surface area contributed by atoms with Gasteiger partial charge in [0, 0.05) is 0 Å². The number of esters is 8. The predicted molar refractivity (Wildman–Crippen MR) is 248 cm³/mol. The van der Waals surface area contributed by atoms with E-state index in [4.69, 9.17) is 52.2 Å². The molecule has 0 radical (unpaired) electrons. The average molecular weight is 1030 g/mol. The minimum atomic E-state index is -2.35. The number of nitrogens with zero attached hydrogens (tertiary/aromatic N) is 1. The highest BCUT2D eigenvalue weighted by Crippen LogP contribution is 2.31. The standard InChI is InChI=1S/C53H45NO21/c55-43-37-24-13-14-25-38(37)44(56)54(43)71-27-15-26-65-53-42(75-52(64)49(61)69-31-36-22-11-4-12-23-36)41(74-51(63)48(60)68-30-35-20-9-3-10-21-35)40(73-50(62)47(59)67-29-34-18-7-2-8-19-34)39(72-53)32-70-46(58)45(57)66-28-33-16-5-1-6-17-33/h1-14,16-25,39-42,53H,15,26-32H2/t39?,40-,41+,42+,53+/m1/s1. The Morgan fingerprint density at radius 3 is 1.16 bits per heavy atom. The van der Waals surface area contributed by atoms with E-state index in [0.29, 0.717) is 27.3 Å². The molecule has 5 atom stereocenters. The van der Waals surface area contributed by atoms with Crippen molar-refractivity contribution in [3.8, 4) is 0 Å². The third-order valence-corrected chi connectivity index (χ3v) is 10.8. The SMILES string of the molecule is O=C(OCc1ccccc1)C(=O)OCC1O[C@H](OCCCON2C(=O)c3ccccc3C2=O)[C@@H](OC(=O)C(=O)OCc2ccccc2)[C@@H](OC(=O)C(=O)OCc2ccccc2)[C@@H]1OC(=O)C(=O)OCc1ccccc1. The van der Waals surface area contributed by atoms with Gasteiger partial charge in [0.15, 0.2) is 24.6 Å². The molecule has 5 aromatic carbocycles. The molecule has 1 fully saturated rings. The molecule has 1 saturated heterocycles. The number of fused-ring (bicyclic) bond motifs is 1. The van der Waals surface area contributed by atoms with Gasteiger partial charge in [-0.2, -0.15) is 0 Å². The third kappa shape index (κ3) is 15.0. The zero-order chi connectivity index (χ0) is 53.1. The summed E-state index contributed by atoms with van der Waals surface area (Å²) in [5.74, 6) is -14.8. The Morgan fingerprint density at radius 2 is 0.747 bits per heavy atom. The van der Waals surface area contributed by atoms with Crippen LogP contribution in [0.4, 0.5) is 0 Å². The van der Waals surface area contributed by atoms with Gasteiger partial charge in [0.1, 0.15) is 39.1 Å². The van der Waals surface area contributed by atoms with E-state index < -0.39 is 123 Å². The van der Waals surface area contributed by atoms with Crippen molar-refractivity contribution < 1.29 is 100 Å². The van der Waals surface area contributed by atoms with Gasteiger partial charge in [0.05, 0.1) is 24.3 Å². The lowest BCUT2D eigenvalue weighted by Gasteiger charge is -2.43. The van der Waals surface area contributed by atoms with Crippen LogP contribution in [0, 0.1) is 0 Å². The van der Waals surface area contributed by atoms with Crippen LogP contribution in [0.3, 0.4) is 0 Å². The first-order valence-electron chi connectivity index (χ1n) is 22.9. The number of carbonyl (C=O) groups excluding carboxylic acids is 10. The van der Waals surface area contributed by atoms with Gasteiger partial charge in [0.25, 0.3) is 11.8 Å². The van der Waals surface area contributed by atoms with Gasteiger partial charge < -0.3 is 47.4 Å². The smallest absolute Gasteiger partial charge is 0.418 e. The van der Waals surface area contributed by atoms with E-state index >= 15 is 0 Å². The Bertz CT molecular complexity index is 2810. The molecule has 22 heteroatoms. The molecular weight excluding hydrogens is 987 g/mol. The molecule has 0 aliphatic carbocycles. The molecule has 0 N–H and O–H groups in total. The molecular formula is C53H45NO21. The van der Waals surface area contributed by atoms with Crippen LogP contribution in [0.25, 0.3) is 0 Å². The van der Waals surface area contributed by atoms with Gasteiger partial charge in [-0.05, 0) is 40.8 Å². The number of rotatable bonds is 19. The zero-order valence-electron chi connectivity index (χ0n) is 39.4. The predicted octanol–water partition coefficient (Wildman–Crippen LogP) is 3.60. The molecule has 388 valence electrons. The van der Waals surface area contributed by atoms with Crippen molar-refractivity contribution in [1.29, 1.82) is 0 Å². The molecule has 0 saturated carbocycles. The van der Waals surface area contributed by atoms with Gasteiger partial charge in [-0.25, -0.2) is 38.4 Å². The highest BCUT2D eigenvalue weighted by Gasteiger charge is 2.55. The molecule has 0 spiro atoms. The molecule has 0 bridgehead atoms. The van der Waals surface area contributed by atoms with Crippen molar-refractivity contribution in [3.63, 3.8) is 0 Å². The number of amides is 2. The molecule has 7 rings (SSSR count). The first kappa shape index (κ1) is 53.7. The molecule has 1 unspecified atom stereocenters. The monoisotopic (exact) mass is 1030 g/mol. The minimum absolute atomic E-state index is 0.0988. The van der Waals surface area contributed by atoms with Crippen LogP contribution in [-0.2, 0) is 117 Å². The summed E-state index contributed by atoms with van der Waals surface area (Å²) < 4.78 is 54.3. The molecule has 75 heavy (non-hydrogen) atoms. The quantitative estimate of drug-likeness (QED) is 0.0376. The number of hydroxylamine groups is 2. The van der Waals surface area contributed by atoms with Gasteiger partial charge in [0.2, 0.25) is 0 Å². The van der Waals surface area contributed by atoms with Crippen LogP contribution < -0.4 is 0 Å². The topological polar surface area (TPSA) is 275 Å². The zero-order valence-corrected chi connectivity index (χ0v) is 39.4. The van der Waals surface area contributed by atoms with Crippen LogP contribution in [0.1, 0.15) is 49.4 Å². The average Bonchev–Trinajstić information content (AvgIpc) is 3.68. The summed E-state index contributed by atoms with van der Waals surface area (Å²) in [6.07, 6.45) is -11.1. The Balaban J connectivity index is 1.17. The van der Waals surface area contributed by atoms with Gasteiger partial charge >= 0.3 is 47.8 Å². The van der Waals surface area contributed by atoms with Crippen LogP contribution in [-0.4, -0.2) is 115 Å². The summed E-state index contributed by atoms with van der Waals surface area (Å²) >= 11 is 0. The number of carbonyl (C=O) groups is 10. The van der Waals surface area contributed by atoms with Crippen LogP contribution in [0.2, 0.25) is 0 Å². The van der Waals surface area contributed by atoms with Crippen molar-refractivity contribution >= 4 is 59.6 Å². The third-order valence-electron chi connectivity index (χ3n) is 10.8. The van der Waals surface area contributed by atoms with Crippen molar-refractivity contribution in [2.75, 3.05) is 19.8 Å². The Labute approximate surface area is 426 Å². The first-order chi connectivity index (χ1) is 36.4. The number of hydrogen-bond donors (Lipinski definition) is 0. The van der Waals surface area contributed by atoms with E-state index in [1.54, 1.807) is 133 Å². The lowest BCUT2D eigenvalue weighted by Crippen LogP contribution is -2.64. The van der Waals surface area contributed by atoms with Gasteiger partial charge in [-0.3, -0.25) is 14.4 Å². The van der Waals surface area contributed by atoms with E-state index in [1.807, 2.05) is 0 Å². The van der Waals surface area contributed by atoms with Crippen molar-refractivity contribution in [2.24, 2.45) is 0 Å². The molecule has 22 nitrogen and oxygen atoms in total. The van der Waals surface area contributed by atoms with Crippen molar-refractivity contribution in [1.82, 2.24) is 5.06 Å². The molecule has 2 aliphatic rings. The number of benzene rings is 5. The van der Waals surface area contributed by atoms with Crippen LogP contribution in [0.5, 0.6) is 0 Å². The second-order valence-electron chi connectivity index (χ2n) is 16.0. The van der Waals surface area contributed by atoms with Crippen molar-refractivity contribution in [3.05, 3.63) is 179 Å². The number of imide groups is 1. The second kappa shape index (κ2) is 26.5. The molecule has 0 aromatic heterocycles. The van der Waals surface area contributed by atoms with E-state index in [9.17, 15) is 47.9 Å². The largest absolute Gasteiger partial charge is 0.454 e. The van der Waals surface area contributed by atoms with E-state index in [-0.39, 0.29) is 30.8 Å².